The summed E-state index contributed by atoms with van der Waals surface area (Å²) in [4.78, 5) is 10.8. The molecule has 0 fully saturated rings. The largest absolute Gasteiger partial charge is 0.480 e. The topological polar surface area (TPSA) is 37.3 Å². The van der Waals surface area contributed by atoms with Gasteiger partial charge in [0.15, 0.2) is 0 Å². The van der Waals surface area contributed by atoms with E-state index in [-0.39, 0.29) is 0 Å². The van der Waals surface area contributed by atoms with Crippen molar-refractivity contribution in [3.8, 4) is 0 Å². The molecule has 0 aliphatic carbocycles. The third-order valence-electron chi connectivity index (χ3n) is 2.32. The lowest BCUT2D eigenvalue weighted by Crippen LogP contribution is -2.04. The van der Waals surface area contributed by atoms with E-state index in [1.807, 2.05) is 36.4 Å². The van der Waals surface area contributed by atoms with Crippen LogP contribution in [0, 0.1) is 0 Å². The predicted molar refractivity (Wildman–Crippen MR) is 63.3 cm³/mol. The molecule has 2 aromatic carbocycles. The normalized spacial score (nSPS) is 12.6. The summed E-state index contributed by atoms with van der Waals surface area (Å²) >= 11 is 4.04. The van der Waals surface area contributed by atoms with Crippen LogP contribution < -0.4 is 0 Å². The third kappa shape index (κ3) is 1.97. The maximum Gasteiger partial charge on any atom is 0.320 e. The number of carboxylic acids is 1. The SMILES string of the molecule is O=C(O)C(S)c1ccc2ccccc2c1. The molecule has 1 atom stereocenters. The van der Waals surface area contributed by atoms with E-state index in [1.165, 1.54) is 0 Å². The van der Waals surface area contributed by atoms with Gasteiger partial charge in [-0.25, -0.2) is 0 Å². The molecule has 1 N–H and O–H groups in total. The Kier molecular flexibility index (Phi) is 2.64. The van der Waals surface area contributed by atoms with Crippen molar-refractivity contribution in [3.63, 3.8) is 0 Å². The highest BCUT2D eigenvalue weighted by molar-refractivity contribution is 7.81. The second-order valence-corrected chi connectivity index (χ2v) is 3.86. The molecule has 1 unspecified atom stereocenters. The minimum atomic E-state index is -0.923. The number of hydrogen-bond donors (Lipinski definition) is 2. The fourth-order valence-corrected chi connectivity index (χ4v) is 1.68. The van der Waals surface area contributed by atoms with Crippen LogP contribution in [-0.4, -0.2) is 11.1 Å². The van der Waals surface area contributed by atoms with Gasteiger partial charge in [-0.2, -0.15) is 12.6 Å². The van der Waals surface area contributed by atoms with Crippen LogP contribution in [0.1, 0.15) is 10.8 Å². The summed E-state index contributed by atoms with van der Waals surface area (Å²) in [6.45, 7) is 0. The van der Waals surface area contributed by atoms with Crippen LogP contribution in [-0.2, 0) is 4.79 Å². The van der Waals surface area contributed by atoms with Crippen LogP contribution in [0.4, 0.5) is 0 Å². The van der Waals surface area contributed by atoms with Gasteiger partial charge in [-0.15, -0.1) is 0 Å². The first kappa shape index (κ1) is 10.1. The summed E-state index contributed by atoms with van der Waals surface area (Å²) in [5.41, 5.74) is 0.713. The van der Waals surface area contributed by atoms with Gasteiger partial charge in [0.05, 0.1) is 0 Å². The molecule has 0 heterocycles. The first-order chi connectivity index (χ1) is 7.18. The molecule has 2 aromatic rings. The van der Waals surface area contributed by atoms with Crippen molar-refractivity contribution < 1.29 is 9.90 Å². The predicted octanol–water partition coefficient (Wildman–Crippen LogP) is 2.90. The molecule has 0 aliphatic rings. The van der Waals surface area contributed by atoms with Crippen LogP contribution in [0.3, 0.4) is 0 Å². The van der Waals surface area contributed by atoms with Crippen LogP contribution in [0.2, 0.25) is 0 Å². The molecule has 76 valence electrons. The van der Waals surface area contributed by atoms with Crippen molar-refractivity contribution in [2.45, 2.75) is 5.25 Å². The van der Waals surface area contributed by atoms with Crippen molar-refractivity contribution in [3.05, 3.63) is 48.0 Å². The highest BCUT2D eigenvalue weighted by Gasteiger charge is 2.14. The zero-order chi connectivity index (χ0) is 10.8. The van der Waals surface area contributed by atoms with Gasteiger partial charge in [-0.3, -0.25) is 4.79 Å². The minimum absolute atomic E-state index is 0.713. The Bertz CT molecular complexity index is 508. The van der Waals surface area contributed by atoms with Gasteiger partial charge < -0.3 is 5.11 Å². The second kappa shape index (κ2) is 3.95. The Morgan fingerprint density at radius 1 is 1.13 bits per heavy atom. The van der Waals surface area contributed by atoms with E-state index in [1.54, 1.807) is 6.07 Å². The zero-order valence-electron chi connectivity index (χ0n) is 7.92. The number of thiol groups is 1. The van der Waals surface area contributed by atoms with Gasteiger partial charge in [0, 0.05) is 0 Å². The molecule has 0 saturated carbocycles. The number of rotatable bonds is 2. The first-order valence-corrected chi connectivity index (χ1v) is 5.10. The lowest BCUT2D eigenvalue weighted by Gasteiger charge is -2.06. The van der Waals surface area contributed by atoms with Crippen molar-refractivity contribution in [1.82, 2.24) is 0 Å². The van der Waals surface area contributed by atoms with E-state index in [0.717, 1.165) is 10.8 Å². The average Bonchev–Trinajstić information content (AvgIpc) is 2.27. The molecular formula is C12H10O2S. The Labute approximate surface area is 93.0 Å². The molecule has 0 radical (unpaired) electrons. The number of aliphatic carboxylic acids is 1. The fraction of sp³-hybridized carbons (Fsp3) is 0.0833. The molecule has 0 spiro atoms. The van der Waals surface area contributed by atoms with Crippen LogP contribution >= 0.6 is 12.6 Å². The van der Waals surface area contributed by atoms with E-state index < -0.39 is 11.2 Å². The molecule has 0 saturated heterocycles. The standard InChI is InChI=1S/C12H10O2S/c13-12(14)11(15)10-6-5-8-3-1-2-4-9(8)7-10/h1-7,11,15H,(H,13,14). The van der Waals surface area contributed by atoms with Crippen LogP contribution in [0.15, 0.2) is 42.5 Å². The van der Waals surface area contributed by atoms with Crippen LogP contribution in [0.5, 0.6) is 0 Å². The Hall–Kier alpha value is -1.48. The molecule has 0 aliphatic heterocycles. The number of carboxylic acid groups (broad SMARTS) is 1. The Morgan fingerprint density at radius 2 is 1.80 bits per heavy atom. The minimum Gasteiger partial charge on any atom is -0.480 e. The zero-order valence-corrected chi connectivity index (χ0v) is 8.82. The smallest absolute Gasteiger partial charge is 0.320 e. The average molecular weight is 218 g/mol. The molecule has 3 heteroatoms. The maximum atomic E-state index is 10.8. The van der Waals surface area contributed by atoms with E-state index in [2.05, 4.69) is 12.6 Å². The summed E-state index contributed by atoms with van der Waals surface area (Å²) in [6, 6.07) is 13.4. The second-order valence-electron chi connectivity index (χ2n) is 3.35. The van der Waals surface area contributed by atoms with Gasteiger partial charge in [-0.1, -0.05) is 36.4 Å². The number of hydrogen-bond acceptors (Lipinski definition) is 2. The molecule has 2 rings (SSSR count). The quantitative estimate of drug-likeness (QED) is 0.760. The summed E-state index contributed by atoms with van der Waals surface area (Å²) in [7, 11) is 0. The lowest BCUT2D eigenvalue weighted by atomic mass is 10.1. The van der Waals surface area contributed by atoms with Crippen molar-refractivity contribution in [1.29, 1.82) is 0 Å². The fourth-order valence-electron chi connectivity index (χ4n) is 1.52. The van der Waals surface area contributed by atoms with Gasteiger partial charge >= 0.3 is 5.97 Å². The highest BCUT2D eigenvalue weighted by atomic mass is 32.1. The van der Waals surface area contributed by atoms with E-state index >= 15 is 0 Å². The van der Waals surface area contributed by atoms with E-state index in [9.17, 15) is 4.79 Å². The first-order valence-electron chi connectivity index (χ1n) is 4.58. The summed E-state index contributed by atoms with van der Waals surface area (Å²) in [5, 5.41) is 10.2. The monoisotopic (exact) mass is 218 g/mol. The van der Waals surface area contributed by atoms with Crippen LogP contribution in [0.25, 0.3) is 10.8 Å². The third-order valence-corrected chi connectivity index (χ3v) is 2.84. The number of carbonyl (C=O) groups is 1. The molecular weight excluding hydrogens is 208 g/mol. The molecule has 0 aromatic heterocycles. The van der Waals surface area contributed by atoms with E-state index in [0.29, 0.717) is 5.56 Å². The lowest BCUT2D eigenvalue weighted by molar-refractivity contribution is -0.136. The molecule has 0 bridgehead atoms. The maximum absolute atomic E-state index is 10.8. The summed E-state index contributed by atoms with van der Waals surface area (Å²) < 4.78 is 0. The molecule has 15 heavy (non-hydrogen) atoms. The number of fused-ring (bicyclic) bond motifs is 1. The van der Waals surface area contributed by atoms with Crippen molar-refractivity contribution in [2.24, 2.45) is 0 Å². The summed E-state index contributed by atoms with van der Waals surface area (Å²) in [6.07, 6.45) is 0. The Balaban J connectivity index is 2.51. The van der Waals surface area contributed by atoms with E-state index in [4.69, 9.17) is 5.11 Å². The van der Waals surface area contributed by atoms with Gasteiger partial charge in [0.1, 0.15) is 5.25 Å². The van der Waals surface area contributed by atoms with Gasteiger partial charge in [0.25, 0.3) is 0 Å². The molecule has 2 nitrogen and oxygen atoms in total. The molecule has 0 amide bonds. The van der Waals surface area contributed by atoms with Gasteiger partial charge in [-0.05, 0) is 22.4 Å². The van der Waals surface area contributed by atoms with Crippen molar-refractivity contribution >= 4 is 29.4 Å². The highest BCUT2D eigenvalue weighted by Crippen LogP contribution is 2.24. The Morgan fingerprint density at radius 3 is 2.47 bits per heavy atom. The van der Waals surface area contributed by atoms with Gasteiger partial charge in [0.2, 0.25) is 0 Å². The number of benzene rings is 2. The van der Waals surface area contributed by atoms with Crippen molar-refractivity contribution in [2.75, 3.05) is 0 Å². The summed E-state index contributed by atoms with van der Waals surface area (Å²) in [5.74, 6) is -0.923.